The third kappa shape index (κ3) is 2.60. The molecule has 0 unspecified atom stereocenters. The molecule has 2 heterocycles. The standard InChI is InChI=1S/C12H10ClF3N2OS/c1-3-8-10(12(14,15)16)17-11(20-8)7-4-5-18(19)6(2)9(7)13/h4-5H,3H2,1-2H3. The van der Waals surface area contributed by atoms with Gasteiger partial charge in [-0.1, -0.05) is 18.5 Å². The van der Waals surface area contributed by atoms with Gasteiger partial charge in [0.2, 0.25) is 5.69 Å². The normalized spacial score (nSPS) is 11.9. The fourth-order valence-corrected chi connectivity index (χ4v) is 3.06. The minimum Gasteiger partial charge on any atom is -0.618 e. The van der Waals surface area contributed by atoms with Crippen molar-refractivity contribution < 1.29 is 17.9 Å². The van der Waals surface area contributed by atoms with Gasteiger partial charge in [0, 0.05) is 23.4 Å². The highest BCUT2D eigenvalue weighted by molar-refractivity contribution is 7.15. The number of pyridine rings is 1. The molecule has 0 aliphatic carbocycles. The lowest BCUT2D eigenvalue weighted by Crippen LogP contribution is -2.29. The Morgan fingerprint density at radius 1 is 1.45 bits per heavy atom. The molecule has 0 saturated heterocycles. The van der Waals surface area contributed by atoms with Crippen LogP contribution in [0.5, 0.6) is 0 Å². The smallest absolute Gasteiger partial charge is 0.434 e. The fourth-order valence-electron chi connectivity index (χ4n) is 1.71. The highest BCUT2D eigenvalue weighted by atomic mass is 35.5. The van der Waals surface area contributed by atoms with E-state index in [1.54, 1.807) is 6.92 Å². The van der Waals surface area contributed by atoms with Gasteiger partial charge >= 0.3 is 6.18 Å². The average Bonchev–Trinajstić information content (AvgIpc) is 2.80. The van der Waals surface area contributed by atoms with E-state index < -0.39 is 11.9 Å². The summed E-state index contributed by atoms with van der Waals surface area (Å²) in [7, 11) is 0. The molecule has 0 aromatic carbocycles. The second-order valence-electron chi connectivity index (χ2n) is 4.10. The second kappa shape index (κ2) is 5.21. The van der Waals surface area contributed by atoms with E-state index in [-0.39, 0.29) is 27.0 Å². The molecule has 0 spiro atoms. The van der Waals surface area contributed by atoms with Gasteiger partial charge in [0.15, 0.2) is 11.9 Å². The van der Waals surface area contributed by atoms with E-state index in [1.165, 1.54) is 19.2 Å². The van der Waals surface area contributed by atoms with Gasteiger partial charge in [0.25, 0.3) is 0 Å². The van der Waals surface area contributed by atoms with E-state index in [2.05, 4.69) is 4.98 Å². The van der Waals surface area contributed by atoms with Crippen molar-refractivity contribution in [3.05, 3.63) is 38.8 Å². The van der Waals surface area contributed by atoms with Crippen LogP contribution >= 0.6 is 22.9 Å². The molecule has 3 nitrogen and oxygen atoms in total. The van der Waals surface area contributed by atoms with Crippen LogP contribution in [-0.2, 0) is 12.6 Å². The van der Waals surface area contributed by atoms with Crippen LogP contribution in [0.25, 0.3) is 10.6 Å². The highest BCUT2D eigenvalue weighted by Gasteiger charge is 2.37. The van der Waals surface area contributed by atoms with Crippen molar-refractivity contribution in [2.75, 3.05) is 0 Å². The highest BCUT2D eigenvalue weighted by Crippen LogP contribution is 2.39. The summed E-state index contributed by atoms with van der Waals surface area (Å²) in [6, 6.07) is 1.38. The van der Waals surface area contributed by atoms with Crippen LogP contribution in [0.4, 0.5) is 13.2 Å². The van der Waals surface area contributed by atoms with Crippen molar-refractivity contribution in [3.63, 3.8) is 0 Å². The summed E-state index contributed by atoms with van der Waals surface area (Å²) in [6.07, 6.45) is -3.05. The first-order chi connectivity index (χ1) is 9.25. The van der Waals surface area contributed by atoms with Crippen LogP contribution in [0.15, 0.2) is 12.3 Å². The van der Waals surface area contributed by atoms with Crippen molar-refractivity contribution >= 4 is 22.9 Å². The SMILES string of the molecule is CCc1sc(-c2cc[n+]([O-])c(C)c2Cl)nc1C(F)(F)F. The molecule has 2 aromatic heterocycles. The molecule has 0 atom stereocenters. The summed E-state index contributed by atoms with van der Waals surface area (Å²) in [4.78, 5) is 3.80. The molecule has 0 bridgehead atoms. The Labute approximate surface area is 122 Å². The number of hydrogen-bond donors (Lipinski definition) is 0. The number of aromatic nitrogens is 2. The molecular formula is C12H10ClF3N2OS. The predicted molar refractivity (Wildman–Crippen MR) is 70.6 cm³/mol. The van der Waals surface area contributed by atoms with Gasteiger partial charge < -0.3 is 5.21 Å². The maximum absolute atomic E-state index is 12.9. The minimum atomic E-state index is -4.49. The zero-order valence-corrected chi connectivity index (χ0v) is 12.2. The molecule has 108 valence electrons. The molecule has 0 aliphatic rings. The zero-order chi connectivity index (χ0) is 15.1. The van der Waals surface area contributed by atoms with Gasteiger partial charge in [0.1, 0.15) is 10.0 Å². The third-order valence-corrected chi connectivity index (χ3v) is 4.49. The Hall–Kier alpha value is -1.34. The largest absolute Gasteiger partial charge is 0.618 e. The van der Waals surface area contributed by atoms with Gasteiger partial charge in [-0.3, -0.25) is 0 Å². The molecule has 0 fully saturated rings. The van der Waals surface area contributed by atoms with Gasteiger partial charge in [-0.2, -0.15) is 17.9 Å². The average molecular weight is 323 g/mol. The molecule has 0 amide bonds. The summed E-state index contributed by atoms with van der Waals surface area (Å²) in [5.74, 6) is 0. The van der Waals surface area contributed by atoms with Crippen molar-refractivity contribution in [2.24, 2.45) is 0 Å². The topological polar surface area (TPSA) is 39.8 Å². The van der Waals surface area contributed by atoms with Crippen LogP contribution in [0, 0.1) is 12.1 Å². The maximum Gasteiger partial charge on any atom is 0.434 e. The first-order valence-corrected chi connectivity index (χ1v) is 6.90. The molecule has 0 N–H and O–H groups in total. The maximum atomic E-state index is 12.9. The van der Waals surface area contributed by atoms with Gasteiger partial charge in [-0.05, 0) is 6.42 Å². The first-order valence-electron chi connectivity index (χ1n) is 5.71. The monoisotopic (exact) mass is 322 g/mol. The Bertz CT molecular complexity index is 655. The van der Waals surface area contributed by atoms with E-state index in [1.807, 2.05) is 0 Å². The molecule has 2 rings (SSSR count). The molecule has 0 saturated carbocycles. The summed E-state index contributed by atoms with van der Waals surface area (Å²) < 4.78 is 39.2. The van der Waals surface area contributed by atoms with E-state index in [9.17, 15) is 18.4 Å². The Morgan fingerprint density at radius 2 is 2.10 bits per heavy atom. The number of aryl methyl sites for hydroxylation is 1. The van der Waals surface area contributed by atoms with Crippen LogP contribution in [0.2, 0.25) is 5.02 Å². The van der Waals surface area contributed by atoms with Crippen molar-refractivity contribution in [1.82, 2.24) is 4.98 Å². The van der Waals surface area contributed by atoms with Crippen molar-refractivity contribution in [2.45, 2.75) is 26.4 Å². The Morgan fingerprint density at radius 3 is 2.60 bits per heavy atom. The summed E-state index contributed by atoms with van der Waals surface area (Å²) >= 11 is 6.96. The molecule has 8 heteroatoms. The van der Waals surface area contributed by atoms with Crippen LogP contribution in [-0.4, -0.2) is 4.98 Å². The van der Waals surface area contributed by atoms with Crippen molar-refractivity contribution in [3.8, 4) is 10.6 Å². The lowest BCUT2D eigenvalue weighted by atomic mass is 10.2. The van der Waals surface area contributed by atoms with Crippen LogP contribution in [0.3, 0.4) is 0 Å². The predicted octanol–water partition coefficient (Wildman–Crippen LogP) is 3.99. The number of rotatable bonds is 2. The van der Waals surface area contributed by atoms with Gasteiger partial charge in [0.05, 0.1) is 0 Å². The Balaban J connectivity index is 2.60. The lowest BCUT2D eigenvalue weighted by molar-refractivity contribution is -0.612. The summed E-state index contributed by atoms with van der Waals surface area (Å²) in [6.45, 7) is 3.13. The van der Waals surface area contributed by atoms with Crippen molar-refractivity contribution in [1.29, 1.82) is 0 Å². The first kappa shape index (κ1) is 15.1. The number of thiazole rings is 1. The third-order valence-electron chi connectivity index (χ3n) is 2.78. The molecule has 0 aliphatic heterocycles. The number of hydrogen-bond acceptors (Lipinski definition) is 3. The number of halogens is 4. The molecular weight excluding hydrogens is 313 g/mol. The second-order valence-corrected chi connectivity index (χ2v) is 5.56. The summed E-state index contributed by atoms with van der Waals surface area (Å²) in [5.41, 5.74) is -0.315. The van der Waals surface area contributed by atoms with E-state index in [0.717, 1.165) is 11.3 Å². The molecule has 2 aromatic rings. The lowest BCUT2D eigenvalue weighted by Gasteiger charge is -2.05. The van der Waals surface area contributed by atoms with E-state index >= 15 is 0 Å². The quantitative estimate of drug-likeness (QED) is 0.619. The fraction of sp³-hybridized carbons (Fsp3) is 0.333. The van der Waals surface area contributed by atoms with E-state index in [4.69, 9.17) is 11.6 Å². The zero-order valence-electron chi connectivity index (χ0n) is 10.6. The Kier molecular flexibility index (Phi) is 3.93. The van der Waals surface area contributed by atoms with Crippen LogP contribution in [0.1, 0.15) is 23.2 Å². The molecule has 0 radical (unpaired) electrons. The van der Waals surface area contributed by atoms with Gasteiger partial charge in [-0.25, -0.2) is 4.98 Å². The number of alkyl halides is 3. The van der Waals surface area contributed by atoms with Gasteiger partial charge in [-0.15, -0.1) is 11.3 Å². The molecule has 20 heavy (non-hydrogen) atoms. The summed E-state index contributed by atoms with van der Waals surface area (Å²) in [5, 5.41) is 11.6. The number of nitrogens with zero attached hydrogens (tertiary/aromatic N) is 2. The minimum absolute atomic E-state index is 0.118. The van der Waals surface area contributed by atoms with Crippen LogP contribution < -0.4 is 4.73 Å². The van der Waals surface area contributed by atoms with E-state index in [0.29, 0.717) is 10.3 Å².